The molecule has 1 saturated carbocycles. The molecule has 28 heavy (non-hydrogen) atoms. The van der Waals surface area contributed by atoms with Crippen LogP contribution >= 0.6 is 0 Å². The van der Waals surface area contributed by atoms with E-state index in [1.54, 1.807) is 0 Å². The summed E-state index contributed by atoms with van der Waals surface area (Å²) in [6.45, 7) is 13.0. The maximum atomic E-state index is 4.54. The highest BCUT2D eigenvalue weighted by Gasteiger charge is 2.40. The largest absolute Gasteiger partial charge is 0.303 e. The lowest BCUT2D eigenvalue weighted by Crippen LogP contribution is -2.26. The van der Waals surface area contributed by atoms with Crippen molar-refractivity contribution < 1.29 is 0 Å². The van der Waals surface area contributed by atoms with Crippen molar-refractivity contribution in [3.05, 3.63) is 29.6 Å². The third kappa shape index (κ3) is 4.29. The van der Waals surface area contributed by atoms with Gasteiger partial charge in [-0.3, -0.25) is 4.68 Å². The number of hydrogen-bond acceptors (Lipinski definition) is 4. The van der Waals surface area contributed by atoms with Crippen molar-refractivity contribution >= 4 is 0 Å². The van der Waals surface area contributed by atoms with E-state index in [1.165, 1.54) is 38.9 Å². The van der Waals surface area contributed by atoms with Crippen LogP contribution in [-0.4, -0.2) is 44.5 Å². The van der Waals surface area contributed by atoms with E-state index in [1.807, 2.05) is 17.9 Å². The minimum absolute atomic E-state index is 0.444. The highest BCUT2D eigenvalue weighted by Crippen LogP contribution is 2.43. The molecule has 1 aliphatic carbocycles. The molecule has 3 heterocycles. The zero-order valence-corrected chi connectivity index (χ0v) is 18.1. The summed E-state index contributed by atoms with van der Waals surface area (Å²) in [4.78, 5) is 2.71. The smallest absolute Gasteiger partial charge is 0.111 e. The molecule has 4 rings (SSSR count). The van der Waals surface area contributed by atoms with Crippen LogP contribution in [0.2, 0.25) is 0 Å². The van der Waals surface area contributed by atoms with Crippen molar-refractivity contribution in [2.45, 2.75) is 53.4 Å². The first-order valence-electron chi connectivity index (χ1n) is 10.8. The van der Waals surface area contributed by atoms with Crippen LogP contribution in [0.5, 0.6) is 0 Å². The summed E-state index contributed by atoms with van der Waals surface area (Å²) < 4.78 is 1.88. The van der Waals surface area contributed by atoms with Crippen molar-refractivity contribution in [3.8, 4) is 11.4 Å². The number of fused-ring (bicyclic) bond motifs is 1. The van der Waals surface area contributed by atoms with Crippen LogP contribution in [0.3, 0.4) is 0 Å². The van der Waals surface area contributed by atoms with Crippen molar-refractivity contribution in [3.63, 3.8) is 0 Å². The molecule has 1 unspecified atom stereocenters. The van der Waals surface area contributed by atoms with E-state index >= 15 is 0 Å². The van der Waals surface area contributed by atoms with E-state index in [2.05, 4.69) is 60.0 Å². The highest BCUT2D eigenvalue weighted by atomic mass is 15.3. The van der Waals surface area contributed by atoms with Crippen LogP contribution in [0.15, 0.2) is 18.3 Å². The van der Waals surface area contributed by atoms with Gasteiger partial charge in [0, 0.05) is 20.1 Å². The van der Waals surface area contributed by atoms with E-state index in [-0.39, 0.29) is 0 Å². The monoisotopic (exact) mass is 381 g/mol. The molecule has 2 fully saturated rings. The van der Waals surface area contributed by atoms with Gasteiger partial charge in [-0.05, 0) is 80.0 Å². The molecule has 2 aliphatic rings. The molecule has 0 N–H and O–H groups in total. The molecular formula is C23H35N5. The number of nitrogens with zero attached hydrogens (tertiary/aromatic N) is 5. The molecule has 5 heteroatoms. The Hall–Kier alpha value is -1.75. The third-order valence-electron chi connectivity index (χ3n) is 6.68. The zero-order valence-electron chi connectivity index (χ0n) is 18.1. The van der Waals surface area contributed by atoms with Gasteiger partial charge in [-0.2, -0.15) is 10.2 Å². The molecule has 3 atom stereocenters. The van der Waals surface area contributed by atoms with Gasteiger partial charge in [0.25, 0.3) is 0 Å². The predicted molar refractivity (Wildman–Crippen MR) is 113 cm³/mol. The van der Waals surface area contributed by atoms with Gasteiger partial charge < -0.3 is 4.90 Å². The van der Waals surface area contributed by atoms with Crippen LogP contribution in [0.4, 0.5) is 0 Å². The molecule has 2 aromatic heterocycles. The average Bonchev–Trinajstić information content (AvgIpc) is 3.27. The second kappa shape index (κ2) is 7.58. The van der Waals surface area contributed by atoms with Gasteiger partial charge in [0.05, 0.1) is 17.6 Å². The lowest BCUT2D eigenvalue weighted by Gasteiger charge is -2.24. The maximum absolute atomic E-state index is 4.54. The predicted octanol–water partition coefficient (Wildman–Crippen LogP) is 4.12. The summed E-state index contributed by atoms with van der Waals surface area (Å²) in [6, 6.07) is 4.27. The molecule has 0 aromatic carbocycles. The van der Waals surface area contributed by atoms with Gasteiger partial charge in [-0.25, -0.2) is 0 Å². The molecular weight excluding hydrogens is 346 g/mol. The van der Waals surface area contributed by atoms with Crippen LogP contribution in [0, 0.1) is 30.1 Å². The normalized spacial score (nSPS) is 25.4. The second-order valence-corrected chi connectivity index (χ2v) is 10.3. The first kappa shape index (κ1) is 19.6. The van der Waals surface area contributed by atoms with E-state index in [4.69, 9.17) is 0 Å². The Morgan fingerprint density at radius 3 is 2.32 bits per heavy atom. The zero-order chi connectivity index (χ0) is 19.9. The summed E-state index contributed by atoms with van der Waals surface area (Å²) >= 11 is 0. The summed E-state index contributed by atoms with van der Waals surface area (Å²) in [5, 5.41) is 13.3. The topological polar surface area (TPSA) is 46.8 Å². The van der Waals surface area contributed by atoms with Crippen LogP contribution in [0.1, 0.15) is 51.3 Å². The first-order valence-corrected chi connectivity index (χ1v) is 10.8. The van der Waals surface area contributed by atoms with Gasteiger partial charge in [0.15, 0.2) is 0 Å². The van der Waals surface area contributed by atoms with Crippen LogP contribution in [-0.2, 0) is 13.5 Å². The van der Waals surface area contributed by atoms with Gasteiger partial charge in [-0.15, -0.1) is 5.10 Å². The molecule has 1 aliphatic heterocycles. The fourth-order valence-electron chi connectivity index (χ4n) is 5.17. The van der Waals surface area contributed by atoms with E-state index in [0.29, 0.717) is 5.41 Å². The summed E-state index contributed by atoms with van der Waals surface area (Å²) in [6.07, 6.45) is 6.98. The highest BCUT2D eigenvalue weighted by molar-refractivity contribution is 5.57. The molecule has 0 radical (unpaired) electrons. The fraction of sp³-hybridized carbons (Fsp3) is 0.696. The number of aromatic nitrogens is 4. The summed E-state index contributed by atoms with van der Waals surface area (Å²) in [5.41, 5.74) is 4.70. The van der Waals surface area contributed by atoms with Gasteiger partial charge >= 0.3 is 0 Å². The summed E-state index contributed by atoms with van der Waals surface area (Å²) in [5.74, 6) is 2.57. The first-order chi connectivity index (χ1) is 13.3. The minimum Gasteiger partial charge on any atom is -0.303 e. The van der Waals surface area contributed by atoms with Crippen molar-refractivity contribution in [2.75, 3.05) is 19.6 Å². The number of hydrogen-bond donors (Lipinski definition) is 0. The summed E-state index contributed by atoms with van der Waals surface area (Å²) in [7, 11) is 1.96. The van der Waals surface area contributed by atoms with E-state index < -0.39 is 0 Å². The van der Waals surface area contributed by atoms with Gasteiger partial charge in [0.2, 0.25) is 0 Å². The van der Waals surface area contributed by atoms with Crippen LogP contribution in [0.25, 0.3) is 11.4 Å². The Labute approximate surface area is 169 Å². The lowest BCUT2D eigenvalue weighted by molar-refractivity contribution is 0.245. The molecule has 0 spiro atoms. The molecule has 152 valence electrons. The number of rotatable bonds is 5. The molecule has 0 amide bonds. The fourth-order valence-corrected chi connectivity index (χ4v) is 5.17. The second-order valence-electron chi connectivity index (χ2n) is 10.3. The Morgan fingerprint density at radius 1 is 1.07 bits per heavy atom. The average molecular weight is 382 g/mol. The minimum atomic E-state index is 0.444. The van der Waals surface area contributed by atoms with E-state index in [0.717, 1.165) is 46.8 Å². The SMILES string of the molecule is Cc1cnn(C)c1-c1ccc(CC2C[C@@H]3CN(CCC(C)(C)C)C[C@@H]3C2)nn1. The Balaban J connectivity index is 1.30. The molecule has 5 nitrogen and oxygen atoms in total. The third-order valence-corrected chi connectivity index (χ3v) is 6.68. The Kier molecular flexibility index (Phi) is 5.30. The Bertz CT molecular complexity index is 768. The maximum Gasteiger partial charge on any atom is 0.111 e. The van der Waals surface area contributed by atoms with Gasteiger partial charge in [0.1, 0.15) is 5.69 Å². The number of aryl methyl sites for hydroxylation is 2. The van der Waals surface area contributed by atoms with Gasteiger partial charge in [-0.1, -0.05) is 20.8 Å². The standard InChI is InChI=1S/C23H35N5/c1-16-13-24-27(5)22(16)21-7-6-20(25-26-21)12-17-10-18-14-28(15-19(18)11-17)9-8-23(2,3)4/h6-7,13,17-19H,8-12,14-15H2,1-5H3/t17?,18-,19+. The Morgan fingerprint density at radius 2 is 1.79 bits per heavy atom. The molecule has 0 bridgehead atoms. The quantitative estimate of drug-likeness (QED) is 0.781. The van der Waals surface area contributed by atoms with Crippen molar-refractivity contribution in [2.24, 2.45) is 30.2 Å². The molecule has 1 saturated heterocycles. The van der Waals surface area contributed by atoms with Crippen molar-refractivity contribution in [1.82, 2.24) is 24.9 Å². The molecule has 2 aromatic rings. The van der Waals surface area contributed by atoms with Crippen LogP contribution < -0.4 is 0 Å². The lowest BCUT2D eigenvalue weighted by atomic mass is 9.92. The van der Waals surface area contributed by atoms with E-state index in [9.17, 15) is 0 Å². The van der Waals surface area contributed by atoms with Crippen molar-refractivity contribution in [1.29, 1.82) is 0 Å². The number of likely N-dealkylation sites (tertiary alicyclic amines) is 1.